The van der Waals surface area contributed by atoms with Gasteiger partial charge in [-0.2, -0.15) is 26.3 Å². The molecule has 0 unspecified atom stereocenters. The monoisotopic (exact) mass is 807 g/mol. The molecule has 4 N–H and O–H groups in total. The van der Waals surface area contributed by atoms with Crippen molar-refractivity contribution in [1.29, 1.82) is 10.8 Å². The molecule has 1 aliphatic rings. The maximum atomic E-state index is 13.0. The fourth-order valence-electron chi connectivity index (χ4n) is 4.10. The summed E-state index contributed by atoms with van der Waals surface area (Å²) in [5, 5.41) is 21.0. The number of halogens is 6. The van der Waals surface area contributed by atoms with E-state index in [1.54, 1.807) is 0 Å². The highest BCUT2D eigenvalue weighted by Crippen LogP contribution is 2.37. The first-order valence-corrected chi connectivity index (χ1v) is 17.3. The standard InChI is InChI=1S/C32H47F6N5O10S/c33-31(34,35)24-21-25(32(36,37)38)23-26(22-24)42-30(54)41-4-6-46-8-10-48-12-14-50-16-18-52-20-19-51-17-15-49-13-11-47-9-7-45-5-3-29(44)53-43-27(39)1-2-28(43)40/h21-23,39-40H,1-20H2,(H2,41,42,54). The van der Waals surface area contributed by atoms with Crippen LogP contribution in [-0.2, 0) is 59.9 Å². The van der Waals surface area contributed by atoms with Crippen LogP contribution in [0.15, 0.2) is 18.2 Å². The topological polar surface area (TPSA) is 175 Å². The van der Waals surface area contributed by atoms with Gasteiger partial charge in [-0.3, -0.25) is 10.8 Å². The summed E-state index contributed by atoms with van der Waals surface area (Å²) in [6, 6.07) is 1.12. The fourth-order valence-corrected chi connectivity index (χ4v) is 4.32. The number of nitrogens with zero attached hydrogens (tertiary/aromatic N) is 1. The van der Waals surface area contributed by atoms with E-state index in [2.05, 4.69) is 10.6 Å². The summed E-state index contributed by atoms with van der Waals surface area (Å²) in [5.41, 5.74) is -3.35. The Kier molecular flexibility index (Phi) is 23.1. The normalized spacial score (nSPS) is 13.5. The average molecular weight is 808 g/mol. The second-order valence-corrected chi connectivity index (χ2v) is 11.4. The van der Waals surface area contributed by atoms with Gasteiger partial charge in [0, 0.05) is 25.1 Å². The maximum absolute atomic E-state index is 13.0. The van der Waals surface area contributed by atoms with Crippen molar-refractivity contribution in [2.75, 3.05) is 118 Å². The first-order chi connectivity index (χ1) is 25.8. The van der Waals surface area contributed by atoms with Crippen molar-refractivity contribution >= 4 is 40.7 Å². The minimum absolute atomic E-state index is 0.00591. The third-order valence-electron chi connectivity index (χ3n) is 6.71. The van der Waals surface area contributed by atoms with Crippen molar-refractivity contribution in [2.45, 2.75) is 31.6 Å². The SMILES string of the molecule is N=C1CCC(=N)N1OC(=O)CCOCCOCCOCCOCCOCCOCCOCCOCCNC(=S)Nc1cc(C(F)(F)F)cc(C(F)(F)F)c1. The number of benzene rings is 1. The second-order valence-electron chi connectivity index (χ2n) is 11.0. The molecule has 54 heavy (non-hydrogen) atoms. The van der Waals surface area contributed by atoms with E-state index >= 15 is 0 Å². The number of hydrogen-bond acceptors (Lipinski definition) is 13. The summed E-state index contributed by atoms with van der Waals surface area (Å²) >= 11 is 4.95. The van der Waals surface area contributed by atoms with Gasteiger partial charge in [-0.25, -0.2) is 4.79 Å². The number of carbonyl (C=O) groups excluding carboxylic acids is 1. The maximum Gasteiger partial charge on any atom is 0.416 e. The molecular formula is C32H47F6N5O10S. The van der Waals surface area contributed by atoms with Crippen LogP contribution in [-0.4, -0.2) is 140 Å². The van der Waals surface area contributed by atoms with Crippen molar-refractivity contribution in [3.8, 4) is 0 Å². The Balaban J connectivity index is 1.28. The number of carbonyl (C=O) groups is 1. The van der Waals surface area contributed by atoms with E-state index in [1.165, 1.54) is 0 Å². The zero-order valence-electron chi connectivity index (χ0n) is 29.6. The van der Waals surface area contributed by atoms with E-state index in [4.69, 9.17) is 65.8 Å². The summed E-state index contributed by atoms with van der Waals surface area (Å²) in [7, 11) is 0. The lowest BCUT2D eigenvalue weighted by atomic mass is 10.1. The van der Waals surface area contributed by atoms with Gasteiger partial charge < -0.3 is 53.4 Å². The van der Waals surface area contributed by atoms with Crippen molar-refractivity contribution < 1.29 is 73.9 Å². The smallest absolute Gasteiger partial charge is 0.378 e. The van der Waals surface area contributed by atoms with E-state index in [-0.39, 0.29) is 62.2 Å². The molecule has 0 aliphatic carbocycles. The zero-order valence-corrected chi connectivity index (χ0v) is 30.4. The molecule has 1 heterocycles. The number of hydroxylamine groups is 2. The van der Waals surface area contributed by atoms with Crippen LogP contribution in [0.2, 0.25) is 0 Å². The Morgan fingerprint density at radius 3 is 1.33 bits per heavy atom. The Morgan fingerprint density at radius 2 is 0.963 bits per heavy atom. The Hall–Kier alpha value is -3.22. The molecular weight excluding hydrogens is 760 g/mol. The van der Waals surface area contributed by atoms with E-state index in [1.807, 2.05) is 0 Å². The van der Waals surface area contributed by atoms with Gasteiger partial charge in [-0.15, -0.1) is 5.06 Å². The van der Waals surface area contributed by atoms with Crippen LogP contribution in [0, 0.1) is 10.8 Å². The van der Waals surface area contributed by atoms with Crippen molar-refractivity contribution in [1.82, 2.24) is 10.4 Å². The number of alkyl halides is 6. The molecule has 22 heteroatoms. The molecule has 0 amide bonds. The van der Waals surface area contributed by atoms with Gasteiger partial charge >= 0.3 is 18.3 Å². The number of rotatable bonds is 29. The summed E-state index contributed by atoms with van der Waals surface area (Å²) < 4.78 is 121. The van der Waals surface area contributed by atoms with E-state index in [9.17, 15) is 31.1 Å². The van der Waals surface area contributed by atoms with Crippen LogP contribution < -0.4 is 10.6 Å². The molecule has 1 aliphatic heterocycles. The molecule has 308 valence electrons. The van der Waals surface area contributed by atoms with Gasteiger partial charge in [-0.05, 0) is 30.4 Å². The first kappa shape index (κ1) is 46.9. The third kappa shape index (κ3) is 21.6. The van der Waals surface area contributed by atoms with Crippen LogP contribution in [0.4, 0.5) is 32.0 Å². The molecule has 1 aromatic rings. The molecule has 1 fully saturated rings. The number of hydrogen-bond donors (Lipinski definition) is 4. The molecule has 1 aromatic carbocycles. The quantitative estimate of drug-likeness (QED) is 0.0519. The van der Waals surface area contributed by atoms with Gasteiger partial charge in [-0.1, -0.05) is 0 Å². The molecule has 0 saturated carbocycles. The largest absolute Gasteiger partial charge is 0.416 e. The van der Waals surface area contributed by atoms with Crippen molar-refractivity contribution in [2.24, 2.45) is 0 Å². The molecule has 1 saturated heterocycles. The summed E-state index contributed by atoms with van der Waals surface area (Å²) in [4.78, 5) is 16.7. The summed E-state index contributed by atoms with van der Waals surface area (Å²) in [5.74, 6) is -0.387. The van der Waals surface area contributed by atoms with Gasteiger partial charge in [0.25, 0.3) is 0 Å². The highest BCUT2D eigenvalue weighted by Gasteiger charge is 2.37. The minimum atomic E-state index is -4.96. The van der Waals surface area contributed by atoms with E-state index < -0.39 is 35.1 Å². The molecule has 2 rings (SSSR count). The van der Waals surface area contributed by atoms with Crippen LogP contribution in [0.25, 0.3) is 0 Å². The highest BCUT2D eigenvalue weighted by atomic mass is 32.1. The van der Waals surface area contributed by atoms with Crippen LogP contribution in [0.1, 0.15) is 30.4 Å². The number of thiocarbonyl (C=S) groups is 1. The number of anilines is 1. The third-order valence-corrected chi connectivity index (χ3v) is 6.96. The van der Waals surface area contributed by atoms with Crippen LogP contribution in [0.3, 0.4) is 0 Å². The second kappa shape index (κ2) is 26.6. The molecule has 0 atom stereocenters. The lowest BCUT2D eigenvalue weighted by molar-refractivity contribution is -0.163. The van der Waals surface area contributed by atoms with E-state index in [0.717, 1.165) is 5.06 Å². The van der Waals surface area contributed by atoms with Gasteiger partial charge in [0.2, 0.25) is 0 Å². The number of amidine groups is 2. The molecule has 0 bridgehead atoms. The first-order valence-electron chi connectivity index (χ1n) is 16.9. The predicted molar refractivity (Wildman–Crippen MR) is 184 cm³/mol. The zero-order chi connectivity index (χ0) is 39.7. The Bertz CT molecular complexity index is 1230. The molecule has 15 nitrogen and oxygen atoms in total. The van der Waals surface area contributed by atoms with Crippen molar-refractivity contribution in [3.63, 3.8) is 0 Å². The number of nitrogens with one attached hydrogen (secondary N) is 4. The fraction of sp³-hybridized carbons (Fsp3) is 0.688. The lowest BCUT2D eigenvalue weighted by Crippen LogP contribution is -2.31. The predicted octanol–water partition coefficient (Wildman–Crippen LogP) is 4.04. The Morgan fingerprint density at radius 1 is 0.611 bits per heavy atom. The molecule has 0 radical (unpaired) electrons. The van der Waals surface area contributed by atoms with Crippen LogP contribution >= 0.6 is 12.2 Å². The van der Waals surface area contributed by atoms with Crippen LogP contribution in [0.5, 0.6) is 0 Å². The summed E-state index contributed by atoms with van der Waals surface area (Å²) in [6.45, 7) is 5.38. The Labute approximate surface area is 314 Å². The average Bonchev–Trinajstić information content (AvgIpc) is 3.42. The number of ether oxygens (including phenoxy) is 8. The molecule has 0 spiro atoms. The highest BCUT2D eigenvalue weighted by molar-refractivity contribution is 7.80. The van der Waals surface area contributed by atoms with Gasteiger partial charge in [0.05, 0.1) is 123 Å². The van der Waals surface area contributed by atoms with Gasteiger partial charge in [0.15, 0.2) is 5.11 Å². The van der Waals surface area contributed by atoms with Gasteiger partial charge in [0.1, 0.15) is 11.7 Å². The van der Waals surface area contributed by atoms with E-state index in [0.29, 0.717) is 104 Å². The molecule has 0 aromatic heterocycles. The minimum Gasteiger partial charge on any atom is -0.378 e. The van der Waals surface area contributed by atoms with Crippen molar-refractivity contribution in [3.05, 3.63) is 29.3 Å². The summed E-state index contributed by atoms with van der Waals surface area (Å²) in [6.07, 6.45) is -9.15. The lowest BCUT2D eigenvalue weighted by Gasteiger charge is -2.16.